The average molecular weight is 420 g/mol. The summed E-state index contributed by atoms with van der Waals surface area (Å²) in [5.41, 5.74) is 3.15. The highest BCUT2D eigenvalue weighted by Gasteiger charge is 2.27. The van der Waals surface area contributed by atoms with Gasteiger partial charge in [-0.2, -0.15) is 0 Å². The Morgan fingerprint density at radius 3 is 2.19 bits per heavy atom. The first kappa shape index (κ1) is 19.7. The number of hydrogen-bond acceptors (Lipinski definition) is 2. The van der Waals surface area contributed by atoms with Crippen LogP contribution in [0.25, 0.3) is 0 Å². The Kier molecular flexibility index (Phi) is 5.80. The predicted octanol–water partition coefficient (Wildman–Crippen LogP) is 6.01. The third-order valence-electron chi connectivity index (χ3n) is 4.32. The summed E-state index contributed by atoms with van der Waals surface area (Å²) in [7, 11) is -3.78. The number of rotatable bonds is 5. The molecule has 6 heteroatoms. The molecule has 0 aliphatic carbocycles. The van der Waals surface area contributed by atoms with Gasteiger partial charge in [-0.3, -0.25) is 4.31 Å². The number of para-hydroxylation sites is 1. The number of nitrogens with zero attached hydrogens (tertiary/aromatic N) is 1. The van der Waals surface area contributed by atoms with Crippen molar-refractivity contribution in [2.75, 3.05) is 4.31 Å². The Morgan fingerprint density at radius 2 is 1.56 bits per heavy atom. The van der Waals surface area contributed by atoms with Crippen molar-refractivity contribution in [1.29, 1.82) is 0 Å². The summed E-state index contributed by atoms with van der Waals surface area (Å²) >= 11 is 12.3. The molecule has 3 rings (SSSR count). The van der Waals surface area contributed by atoms with Crippen molar-refractivity contribution in [3.8, 4) is 0 Å². The highest BCUT2D eigenvalue weighted by molar-refractivity contribution is 7.92. The number of aryl methyl sites for hydroxylation is 2. The molecule has 0 spiro atoms. The van der Waals surface area contributed by atoms with Crippen LogP contribution in [0.2, 0.25) is 10.0 Å². The summed E-state index contributed by atoms with van der Waals surface area (Å²) in [4.78, 5) is 0.237. The molecule has 0 unspecified atom stereocenters. The Bertz CT molecular complexity index is 1060. The van der Waals surface area contributed by atoms with Crippen molar-refractivity contribution >= 4 is 38.9 Å². The van der Waals surface area contributed by atoms with E-state index in [0.29, 0.717) is 21.3 Å². The van der Waals surface area contributed by atoms with Crippen molar-refractivity contribution < 1.29 is 8.42 Å². The summed E-state index contributed by atoms with van der Waals surface area (Å²) in [5.74, 6) is 0. The van der Waals surface area contributed by atoms with E-state index in [1.165, 1.54) is 4.31 Å². The molecule has 0 saturated carbocycles. The van der Waals surface area contributed by atoms with Gasteiger partial charge in [0.1, 0.15) is 0 Å². The smallest absolute Gasteiger partial charge is 0.262 e. The monoisotopic (exact) mass is 419 g/mol. The van der Waals surface area contributed by atoms with Crippen LogP contribution in [0.1, 0.15) is 16.7 Å². The lowest BCUT2D eigenvalue weighted by Gasteiger charge is -2.26. The van der Waals surface area contributed by atoms with Gasteiger partial charge >= 0.3 is 0 Å². The minimum absolute atomic E-state index is 0.108. The highest BCUT2D eigenvalue weighted by Crippen LogP contribution is 2.31. The van der Waals surface area contributed by atoms with E-state index in [1.807, 2.05) is 32.0 Å². The molecule has 0 saturated heterocycles. The maximum absolute atomic E-state index is 13.4. The molecule has 0 aliphatic heterocycles. The van der Waals surface area contributed by atoms with Crippen molar-refractivity contribution in [1.82, 2.24) is 0 Å². The normalized spacial score (nSPS) is 11.4. The van der Waals surface area contributed by atoms with Gasteiger partial charge in [0, 0.05) is 10.0 Å². The van der Waals surface area contributed by atoms with Crippen LogP contribution in [0.15, 0.2) is 71.6 Å². The zero-order valence-electron chi connectivity index (χ0n) is 15.0. The third kappa shape index (κ3) is 4.29. The summed E-state index contributed by atoms with van der Waals surface area (Å²) in [5, 5.41) is 0.938. The molecular formula is C21H19Cl2NO2S. The molecule has 3 aromatic rings. The number of halogens is 2. The standard InChI is InChI=1S/C21H19Cl2NO2S/c1-15-7-11-19(12-8-15)27(25,26)24(21-6-4-3-5-16(21)2)14-17-9-10-18(22)13-20(17)23/h3-13H,14H2,1-2H3. The first-order valence-corrected chi connectivity index (χ1v) is 10.6. The molecule has 0 radical (unpaired) electrons. The maximum atomic E-state index is 13.4. The quantitative estimate of drug-likeness (QED) is 0.507. The van der Waals surface area contributed by atoms with Crippen LogP contribution in [-0.4, -0.2) is 8.42 Å². The third-order valence-corrected chi connectivity index (χ3v) is 6.68. The fourth-order valence-corrected chi connectivity index (χ4v) is 4.76. The fourth-order valence-electron chi connectivity index (χ4n) is 2.78. The molecule has 0 fully saturated rings. The van der Waals surface area contributed by atoms with Gasteiger partial charge < -0.3 is 0 Å². The van der Waals surface area contributed by atoms with E-state index < -0.39 is 10.0 Å². The first-order valence-electron chi connectivity index (χ1n) is 8.38. The second-order valence-electron chi connectivity index (χ2n) is 6.35. The van der Waals surface area contributed by atoms with Crippen LogP contribution in [0, 0.1) is 13.8 Å². The SMILES string of the molecule is Cc1ccc(S(=O)(=O)N(Cc2ccc(Cl)cc2Cl)c2ccccc2C)cc1. The minimum atomic E-state index is -3.78. The fraction of sp³-hybridized carbons (Fsp3) is 0.143. The zero-order chi connectivity index (χ0) is 19.6. The van der Waals surface area contributed by atoms with Crippen molar-refractivity contribution in [3.63, 3.8) is 0 Å². The molecule has 0 bridgehead atoms. The molecule has 3 nitrogen and oxygen atoms in total. The summed E-state index contributed by atoms with van der Waals surface area (Å²) in [6.45, 7) is 3.91. The van der Waals surface area contributed by atoms with E-state index >= 15 is 0 Å². The molecular weight excluding hydrogens is 401 g/mol. The summed E-state index contributed by atoms with van der Waals surface area (Å²) in [6.07, 6.45) is 0. The zero-order valence-corrected chi connectivity index (χ0v) is 17.3. The molecule has 0 aliphatic rings. The molecule has 0 atom stereocenters. The van der Waals surface area contributed by atoms with Crippen molar-refractivity contribution in [3.05, 3.63) is 93.5 Å². The molecule has 3 aromatic carbocycles. The largest absolute Gasteiger partial charge is 0.264 e. The molecule has 140 valence electrons. The molecule has 27 heavy (non-hydrogen) atoms. The van der Waals surface area contributed by atoms with Gasteiger partial charge in [-0.25, -0.2) is 8.42 Å². The number of anilines is 1. The van der Waals surface area contributed by atoms with E-state index in [0.717, 1.165) is 11.1 Å². The van der Waals surface area contributed by atoms with Crippen LogP contribution in [-0.2, 0) is 16.6 Å². The van der Waals surface area contributed by atoms with Crippen LogP contribution >= 0.6 is 23.2 Å². The molecule has 0 aromatic heterocycles. The van der Waals surface area contributed by atoms with Crippen LogP contribution in [0.4, 0.5) is 5.69 Å². The van der Waals surface area contributed by atoms with Gasteiger partial charge in [0.15, 0.2) is 0 Å². The lowest BCUT2D eigenvalue weighted by atomic mass is 10.2. The van der Waals surface area contributed by atoms with Gasteiger partial charge in [0.2, 0.25) is 0 Å². The van der Waals surface area contributed by atoms with E-state index in [9.17, 15) is 8.42 Å². The van der Waals surface area contributed by atoms with Gasteiger partial charge in [-0.05, 0) is 55.3 Å². The Morgan fingerprint density at radius 1 is 0.889 bits per heavy atom. The topological polar surface area (TPSA) is 37.4 Å². The highest BCUT2D eigenvalue weighted by atomic mass is 35.5. The van der Waals surface area contributed by atoms with E-state index in [-0.39, 0.29) is 11.4 Å². The second-order valence-corrected chi connectivity index (χ2v) is 9.05. The van der Waals surface area contributed by atoms with E-state index in [2.05, 4.69) is 0 Å². The van der Waals surface area contributed by atoms with Crippen LogP contribution in [0.5, 0.6) is 0 Å². The van der Waals surface area contributed by atoms with Gasteiger partial charge in [0.05, 0.1) is 17.1 Å². The van der Waals surface area contributed by atoms with E-state index in [4.69, 9.17) is 23.2 Å². The van der Waals surface area contributed by atoms with Gasteiger partial charge in [-0.1, -0.05) is 65.2 Å². The predicted molar refractivity (Wildman–Crippen MR) is 112 cm³/mol. The minimum Gasteiger partial charge on any atom is -0.262 e. The first-order chi connectivity index (χ1) is 12.8. The van der Waals surface area contributed by atoms with Crippen molar-refractivity contribution in [2.45, 2.75) is 25.3 Å². The number of hydrogen-bond donors (Lipinski definition) is 0. The number of sulfonamides is 1. The van der Waals surface area contributed by atoms with Crippen LogP contribution in [0.3, 0.4) is 0 Å². The van der Waals surface area contributed by atoms with Crippen LogP contribution < -0.4 is 4.31 Å². The lowest BCUT2D eigenvalue weighted by molar-refractivity contribution is 0.590. The second kappa shape index (κ2) is 7.93. The summed E-state index contributed by atoms with van der Waals surface area (Å²) in [6, 6.07) is 19.3. The number of benzene rings is 3. The average Bonchev–Trinajstić information content (AvgIpc) is 2.62. The lowest BCUT2D eigenvalue weighted by Crippen LogP contribution is -2.31. The molecule has 0 heterocycles. The molecule has 0 amide bonds. The summed E-state index contributed by atoms with van der Waals surface area (Å²) < 4.78 is 28.3. The molecule has 0 N–H and O–H groups in total. The van der Waals surface area contributed by atoms with Crippen molar-refractivity contribution in [2.24, 2.45) is 0 Å². The maximum Gasteiger partial charge on any atom is 0.264 e. The van der Waals surface area contributed by atoms with E-state index in [1.54, 1.807) is 48.5 Å². The Hall–Kier alpha value is -2.01. The van der Waals surface area contributed by atoms with Gasteiger partial charge in [0.25, 0.3) is 10.0 Å². The van der Waals surface area contributed by atoms with Gasteiger partial charge in [-0.15, -0.1) is 0 Å². The Balaban J connectivity index is 2.13. The Labute approximate surface area is 170 Å².